The molecular weight excluding hydrogens is 402 g/mol. The molecule has 8 nitrogen and oxygen atoms in total. The number of anilines is 1. The number of pyridine rings is 1. The molecule has 1 aromatic heterocycles. The highest BCUT2D eigenvalue weighted by Crippen LogP contribution is 2.25. The van der Waals surface area contributed by atoms with Crippen molar-refractivity contribution >= 4 is 40.2 Å². The Morgan fingerprint density at radius 1 is 1.37 bits per heavy atom. The van der Waals surface area contributed by atoms with Gasteiger partial charge in [0.15, 0.2) is 0 Å². The normalized spacial score (nSPS) is 19.4. The van der Waals surface area contributed by atoms with Crippen LogP contribution in [0.1, 0.15) is 24.6 Å². The second-order valence-electron chi connectivity index (χ2n) is 7.26. The molecule has 2 saturated heterocycles. The van der Waals surface area contributed by atoms with Gasteiger partial charge in [-0.05, 0) is 37.1 Å². The van der Waals surface area contributed by atoms with E-state index in [9.17, 15) is 9.59 Å². The number of hydrogen-bond acceptors (Lipinski definition) is 7. The summed E-state index contributed by atoms with van der Waals surface area (Å²) in [4.78, 5) is 33.3. The number of ether oxygens (including phenoxy) is 1. The van der Waals surface area contributed by atoms with Gasteiger partial charge in [0.05, 0.1) is 29.6 Å². The van der Waals surface area contributed by atoms with Crippen LogP contribution in [0.3, 0.4) is 0 Å². The number of nitrogens with zero attached hydrogens (tertiary/aromatic N) is 4. The Bertz CT molecular complexity index is 991. The number of carbonyl (C=O) groups excluding carboxylic acids is 2. The summed E-state index contributed by atoms with van der Waals surface area (Å²) in [5.74, 6) is 0.502. The van der Waals surface area contributed by atoms with Crippen LogP contribution in [0.15, 0.2) is 30.5 Å². The summed E-state index contributed by atoms with van der Waals surface area (Å²) in [5.41, 5.74) is 2.17. The number of fused-ring (bicyclic) bond motifs is 1. The highest BCUT2D eigenvalue weighted by Gasteiger charge is 2.29. The lowest BCUT2D eigenvalue weighted by molar-refractivity contribution is -0.129. The molecule has 9 heteroatoms. The van der Waals surface area contributed by atoms with Crippen LogP contribution in [-0.2, 0) is 9.53 Å². The van der Waals surface area contributed by atoms with Crippen molar-refractivity contribution in [1.82, 2.24) is 15.2 Å². The van der Waals surface area contributed by atoms with E-state index in [1.54, 1.807) is 12.3 Å². The Hall–Kier alpha value is -2.83. The number of aromatic nitrogens is 1. The van der Waals surface area contributed by atoms with Crippen LogP contribution in [0, 0.1) is 11.3 Å². The Kier molecular flexibility index (Phi) is 6.35. The molecule has 1 N–H and O–H groups in total. The van der Waals surface area contributed by atoms with Crippen LogP contribution in [0.25, 0.3) is 10.9 Å². The number of benzene rings is 1. The average Bonchev–Trinajstić information content (AvgIpc) is 3.10. The Morgan fingerprint density at radius 2 is 2.27 bits per heavy atom. The van der Waals surface area contributed by atoms with Crippen molar-refractivity contribution in [3.63, 3.8) is 0 Å². The van der Waals surface area contributed by atoms with E-state index in [0.717, 1.165) is 37.1 Å². The standard InChI is InChI=1S/C21H23N5O3S.H2/c22-10-16-12-30-14-26(16)20(27)11-24-21(28)17-5-6-23-19-4-3-15(9-18(17)19)25-7-1-2-8-29-13-25;/h3-6,9,16H,1-2,7-8,11-14H2,(H,24,28);1H. The third-order valence-corrected chi connectivity index (χ3v) is 6.31. The predicted octanol–water partition coefficient (Wildman–Crippen LogP) is 2.21. The highest BCUT2D eigenvalue weighted by molar-refractivity contribution is 7.99. The Labute approximate surface area is 180 Å². The monoisotopic (exact) mass is 427 g/mol. The first kappa shape index (κ1) is 20.4. The predicted molar refractivity (Wildman–Crippen MR) is 117 cm³/mol. The van der Waals surface area contributed by atoms with E-state index >= 15 is 0 Å². The van der Waals surface area contributed by atoms with Gasteiger partial charge in [0.25, 0.3) is 5.91 Å². The zero-order chi connectivity index (χ0) is 20.9. The van der Waals surface area contributed by atoms with Crippen molar-refractivity contribution in [2.75, 3.05) is 43.0 Å². The van der Waals surface area contributed by atoms with Gasteiger partial charge >= 0.3 is 0 Å². The first-order valence-corrected chi connectivity index (χ1v) is 11.1. The minimum Gasteiger partial charge on any atom is -0.361 e. The number of nitriles is 1. The molecule has 2 aliphatic heterocycles. The summed E-state index contributed by atoms with van der Waals surface area (Å²) in [7, 11) is 0. The lowest BCUT2D eigenvalue weighted by atomic mass is 10.1. The van der Waals surface area contributed by atoms with Crippen LogP contribution in [0.2, 0.25) is 0 Å². The molecule has 0 spiro atoms. The molecule has 0 aliphatic carbocycles. The molecule has 2 aliphatic rings. The molecule has 2 aromatic rings. The SMILES string of the molecule is N#CC1CSCN1C(=O)CNC(=O)c1ccnc2ccc(N3CCCCOC3)cc12.[HH]. The Balaban J connectivity index is 0.00000272. The maximum atomic E-state index is 12.9. The molecular formula is C21H25N5O3S. The van der Waals surface area contributed by atoms with Gasteiger partial charge in [-0.25, -0.2) is 0 Å². The molecule has 2 amide bonds. The summed E-state index contributed by atoms with van der Waals surface area (Å²) >= 11 is 1.54. The molecule has 3 heterocycles. The average molecular weight is 428 g/mol. The van der Waals surface area contributed by atoms with Gasteiger partial charge in [0, 0.05) is 37.6 Å². The van der Waals surface area contributed by atoms with Crippen molar-refractivity contribution in [2.45, 2.75) is 18.9 Å². The van der Waals surface area contributed by atoms with Crippen molar-refractivity contribution in [3.8, 4) is 6.07 Å². The zero-order valence-electron chi connectivity index (χ0n) is 16.5. The summed E-state index contributed by atoms with van der Waals surface area (Å²) in [5, 5.41) is 12.6. The first-order valence-electron chi connectivity index (χ1n) is 9.94. The third-order valence-electron chi connectivity index (χ3n) is 5.30. The van der Waals surface area contributed by atoms with Gasteiger partial charge in [-0.3, -0.25) is 14.6 Å². The van der Waals surface area contributed by atoms with E-state index < -0.39 is 6.04 Å². The summed E-state index contributed by atoms with van der Waals surface area (Å²) < 4.78 is 5.65. The lowest BCUT2D eigenvalue weighted by Gasteiger charge is -2.22. The van der Waals surface area contributed by atoms with E-state index in [4.69, 9.17) is 10.00 Å². The van der Waals surface area contributed by atoms with Crippen LogP contribution >= 0.6 is 11.8 Å². The van der Waals surface area contributed by atoms with E-state index in [0.29, 0.717) is 29.4 Å². The van der Waals surface area contributed by atoms with Crippen molar-refractivity contribution < 1.29 is 15.8 Å². The number of thioether (sulfide) groups is 1. The molecule has 2 fully saturated rings. The number of hydrogen-bond donors (Lipinski definition) is 1. The second kappa shape index (κ2) is 9.32. The quantitative estimate of drug-likeness (QED) is 0.799. The molecule has 1 aromatic carbocycles. The highest BCUT2D eigenvalue weighted by atomic mass is 32.2. The van der Waals surface area contributed by atoms with Gasteiger partial charge in [-0.15, -0.1) is 11.8 Å². The molecule has 1 unspecified atom stereocenters. The van der Waals surface area contributed by atoms with Gasteiger partial charge < -0.3 is 19.9 Å². The topological polar surface area (TPSA) is 98.6 Å². The summed E-state index contributed by atoms with van der Waals surface area (Å²) in [6, 6.07) is 9.20. The fourth-order valence-electron chi connectivity index (χ4n) is 3.63. The fourth-order valence-corrected chi connectivity index (χ4v) is 4.73. The first-order chi connectivity index (χ1) is 14.7. The smallest absolute Gasteiger partial charge is 0.252 e. The van der Waals surface area contributed by atoms with E-state index in [1.165, 1.54) is 16.7 Å². The van der Waals surface area contributed by atoms with Crippen molar-refractivity contribution in [1.29, 1.82) is 5.26 Å². The fraction of sp³-hybridized carbons (Fsp3) is 0.429. The van der Waals surface area contributed by atoms with E-state index in [-0.39, 0.29) is 19.8 Å². The summed E-state index contributed by atoms with van der Waals surface area (Å²) in [6.07, 6.45) is 3.69. The number of amides is 2. The van der Waals surface area contributed by atoms with Gasteiger partial charge in [0.2, 0.25) is 5.91 Å². The lowest BCUT2D eigenvalue weighted by Crippen LogP contribution is -2.42. The van der Waals surface area contributed by atoms with E-state index in [1.807, 2.05) is 18.2 Å². The van der Waals surface area contributed by atoms with E-state index in [2.05, 4.69) is 21.3 Å². The van der Waals surface area contributed by atoms with Gasteiger partial charge in [0.1, 0.15) is 12.8 Å². The van der Waals surface area contributed by atoms with Crippen molar-refractivity contribution in [2.24, 2.45) is 0 Å². The van der Waals surface area contributed by atoms with Gasteiger partial charge in [-0.2, -0.15) is 5.26 Å². The van der Waals surface area contributed by atoms with Gasteiger partial charge in [-0.1, -0.05) is 0 Å². The largest absolute Gasteiger partial charge is 0.361 e. The number of nitrogens with one attached hydrogen (secondary N) is 1. The Morgan fingerprint density at radius 3 is 3.13 bits per heavy atom. The molecule has 158 valence electrons. The van der Waals surface area contributed by atoms with Crippen LogP contribution in [0.4, 0.5) is 5.69 Å². The maximum Gasteiger partial charge on any atom is 0.252 e. The third kappa shape index (κ3) is 4.35. The van der Waals surface area contributed by atoms with Crippen LogP contribution < -0.4 is 10.2 Å². The van der Waals surface area contributed by atoms with Crippen molar-refractivity contribution in [3.05, 3.63) is 36.0 Å². The number of rotatable bonds is 4. The molecule has 1 atom stereocenters. The summed E-state index contributed by atoms with van der Waals surface area (Å²) in [6.45, 7) is 2.04. The minimum atomic E-state index is -0.431. The molecule has 0 bridgehead atoms. The second-order valence-corrected chi connectivity index (χ2v) is 8.26. The maximum absolute atomic E-state index is 12.9. The number of carbonyl (C=O) groups is 2. The molecule has 4 rings (SSSR count). The van der Waals surface area contributed by atoms with Crippen LogP contribution in [-0.4, -0.2) is 65.8 Å². The molecule has 0 radical (unpaired) electrons. The molecule has 30 heavy (non-hydrogen) atoms. The molecule has 0 saturated carbocycles. The minimum absolute atomic E-state index is 0. The zero-order valence-corrected chi connectivity index (χ0v) is 17.4. The van der Waals surface area contributed by atoms with Crippen LogP contribution in [0.5, 0.6) is 0 Å².